The highest BCUT2D eigenvalue weighted by molar-refractivity contribution is 9.10. The standard InChI is InChI=1S/C20H18BrClN2O4/c21-15-6-7-17(16(22)9-15)23-18(25)12-28-20(27)14-8-19(26)24(11-14)10-13-4-2-1-3-5-13/h1-7,9,14H,8,10-12H2,(H,23,25)/t14-/m1/s1. The van der Waals surface area contributed by atoms with Gasteiger partial charge in [-0.25, -0.2) is 0 Å². The fourth-order valence-electron chi connectivity index (χ4n) is 2.92. The SMILES string of the molecule is O=C(COC(=O)[C@@H]1CC(=O)N(Cc2ccccc2)C1)Nc1ccc(Br)cc1Cl. The molecule has 1 saturated heterocycles. The molecule has 2 aromatic rings. The Bertz CT molecular complexity index is 891. The first-order chi connectivity index (χ1) is 13.4. The lowest BCUT2D eigenvalue weighted by Gasteiger charge is -2.16. The van der Waals surface area contributed by atoms with Crippen molar-refractivity contribution in [2.24, 2.45) is 5.92 Å². The first-order valence-corrected chi connectivity index (χ1v) is 9.82. The van der Waals surface area contributed by atoms with E-state index >= 15 is 0 Å². The molecule has 1 N–H and O–H groups in total. The normalized spacial score (nSPS) is 16.1. The molecular weight excluding hydrogens is 448 g/mol. The van der Waals surface area contributed by atoms with Gasteiger partial charge >= 0.3 is 5.97 Å². The summed E-state index contributed by atoms with van der Waals surface area (Å²) in [7, 11) is 0. The van der Waals surface area contributed by atoms with Gasteiger partial charge in [0, 0.05) is 24.0 Å². The summed E-state index contributed by atoms with van der Waals surface area (Å²) in [4.78, 5) is 38.0. The summed E-state index contributed by atoms with van der Waals surface area (Å²) >= 11 is 9.33. The number of likely N-dealkylation sites (tertiary alicyclic amines) is 1. The van der Waals surface area contributed by atoms with E-state index in [1.165, 1.54) is 0 Å². The van der Waals surface area contributed by atoms with Crippen LogP contribution in [0.3, 0.4) is 0 Å². The average Bonchev–Trinajstić information content (AvgIpc) is 3.03. The van der Waals surface area contributed by atoms with Gasteiger partial charge < -0.3 is 15.0 Å². The summed E-state index contributed by atoms with van der Waals surface area (Å²) in [5.74, 6) is -1.72. The number of esters is 1. The first kappa shape index (κ1) is 20.4. The molecule has 1 aliphatic rings. The van der Waals surface area contributed by atoms with Crippen molar-refractivity contribution in [3.05, 3.63) is 63.6 Å². The third-order valence-electron chi connectivity index (χ3n) is 4.31. The molecule has 146 valence electrons. The lowest BCUT2D eigenvalue weighted by molar-refractivity contribution is -0.151. The van der Waals surface area contributed by atoms with Gasteiger partial charge in [-0.15, -0.1) is 0 Å². The smallest absolute Gasteiger partial charge is 0.311 e. The highest BCUT2D eigenvalue weighted by Gasteiger charge is 2.35. The number of hydrogen-bond acceptors (Lipinski definition) is 4. The number of nitrogens with one attached hydrogen (secondary N) is 1. The maximum absolute atomic E-state index is 12.2. The summed E-state index contributed by atoms with van der Waals surface area (Å²) in [6.45, 7) is 0.299. The number of carbonyl (C=O) groups is 3. The van der Waals surface area contributed by atoms with Crippen LogP contribution >= 0.6 is 27.5 Å². The van der Waals surface area contributed by atoms with Crippen molar-refractivity contribution in [3.63, 3.8) is 0 Å². The van der Waals surface area contributed by atoms with Crippen molar-refractivity contribution in [1.29, 1.82) is 0 Å². The van der Waals surface area contributed by atoms with Gasteiger partial charge in [0.1, 0.15) is 0 Å². The van der Waals surface area contributed by atoms with E-state index in [-0.39, 0.29) is 18.9 Å². The van der Waals surface area contributed by atoms with Crippen LogP contribution in [0.2, 0.25) is 5.02 Å². The van der Waals surface area contributed by atoms with Crippen LogP contribution in [0.4, 0.5) is 5.69 Å². The topological polar surface area (TPSA) is 75.7 Å². The molecule has 0 saturated carbocycles. The maximum Gasteiger partial charge on any atom is 0.311 e. The fraction of sp³-hybridized carbons (Fsp3) is 0.250. The number of nitrogens with zero attached hydrogens (tertiary/aromatic N) is 1. The van der Waals surface area contributed by atoms with Crippen LogP contribution in [-0.4, -0.2) is 35.8 Å². The van der Waals surface area contributed by atoms with Crippen molar-refractivity contribution in [2.45, 2.75) is 13.0 Å². The van der Waals surface area contributed by atoms with Crippen LogP contribution in [0.15, 0.2) is 53.0 Å². The summed E-state index contributed by atoms with van der Waals surface area (Å²) in [6, 6.07) is 14.6. The Hall–Kier alpha value is -2.38. The van der Waals surface area contributed by atoms with Gasteiger partial charge in [-0.2, -0.15) is 0 Å². The summed E-state index contributed by atoms with van der Waals surface area (Å²) in [5.41, 5.74) is 1.42. The molecule has 6 nitrogen and oxygen atoms in total. The lowest BCUT2D eigenvalue weighted by Crippen LogP contribution is -2.28. The molecule has 1 atom stereocenters. The molecule has 1 fully saturated rings. The minimum absolute atomic E-state index is 0.0891. The van der Waals surface area contributed by atoms with E-state index in [4.69, 9.17) is 16.3 Å². The van der Waals surface area contributed by atoms with E-state index in [1.807, 2.05) is 30.3 Å². The molecular formula is C20H18BrClN2O4. The molecule has 2 amide bonds. The van der Waals surface area contributed by atoms with Gasteiger partial charge in [0.15, 0.2) is 6.61 Å². The van der Waals surface area contributed by atoms with E-state index in [0.29, 0.717) is 17.3 Å². The van der Waals surface area contributed by atoms with Gasteiger partial charge in [-0.3, -0.25) is 14.4 Å². The summed E-state index contributed by atoms with van der Waals surface area (Å²) in [6.07, 6.45) is 0.0891. The van der Waals surface area contributed by atoms with Gasteiger partial charge in [0.25, 0.3) is 5.91 Å². The zero-order chi connectivity index (χ0) is 20.1. The molecule has 0 unspecified atom stereocenters. The quantitative estimate of drug-likeness (QED) is 0.661. The molecule has 28 heavy (non-hydrogen) atoms. The Labute approximate surface area is 175 Å². The number of halogens is 2. The van der Waals surface area contributed by atoms with E-state index < -0.39 is 24.4 Å². The van der Waals surface area contributed by atoms with Gasteiger partial charge in [0.05, 0.1) is 16.6 Å². The second-order valence-electron chi connectivity index (χ2n) is 6.44. The van der Waals surface area contributed by atoms with Gasteiger partial charge in [-0.05, 0) is 23.8 Å². The highest BCUT2D eigenvalue weighted by Crippen LogP contribution is 2.25. The Morgan fingerprint density at radius 1 is 1.21 bits per heavy atom. The second kappa shape index (κ2) is 9.21. The monoisotopic (exact) mass is 464 g/mol. The maximum atomic E-state index is 12.2. The fourth-order valence-corrected chi connectivity index (χ4v) is 3.64. The second-order valence-corrected chi connectivity index (χ2v) is 7.76. The van der Waals surface area contributed by atoms with Crippen molar-refractivity contribution < 1.29 is 19.1 Å². The number of hydrogen-bond donors (Lipinski definition) is 1. The van der Waals surface area contributed by atoms with E-state index in [9.17, 15) is 14.4 Å². The Balaban J connectivity index is 1.48. The molecule has 0 aromatic heterocycles. The summed E-state index contributed by atoms with van der Waals surface area (Å²) < 4.78 is 5.87. The van der Waals surface area contributed by atoms with Crippen molar-refractivity contribution in [3.8, 4) is 0 Å². The van der Waals surface area contributed by atoms with Crippen molar-refractivity contribution in [1.82, 2.24) is 4.90 Å². The zero-order valence-electron chi connectivity index (χ0n) is 14.9. The third kappa shape index (κ3) is 5.33. The third-order valence-corrected chi connectivity index (χ3v) is 5.12. The van der Waals surface area contributed by atoms with Crippen LogP contribution in [0.5, 0.6) is 0 Å². The Morgan fingerprint density at radius 2 is 1.96 bits per heavy atom. The number of ether oxygens (including phenoxy) is 1. The number of rotatable bonds is 6. The van der Waals surface area contributed by atoms with Gasteiger partial charge in [0.2, 0.25) is 5.91 Å². The number of amides is 2. The predicted molar refractivity (Wildman–Crippen MR) is 109 cm³/mol. The number of carbonyl (C=O) groups excluding carboxylic acids is 3. The molecule has 0 spiro atoms. The highest BCUT2D eigenvalue weighted by atomic mass is 79.9. The largest absolute Gasteiger partial charge is 0.455 e. The molecule has 0 radical (unpaired) electrons. The minimum Gasteiger partial charge on any atom is -0.455 e. The molecule has 1 heterocycles. The van der Waals surface area contributed by atoms with Crippen LogP contribution in [0.25, 0.3) is 0 Å². The molecule has 0 bridgehead atoms. The van der Waals surface area contributed by atoms with Crippen LogP contribution in [-0.2, 0) is 25.7 Å². The Morgan fingerprint density at radius 3 is 2.68 bits per heavy atom. The molecule has 8 heteroatoms. The van der Waals surface area contributed by atoms with E-state index in [1.54, 1.807) is 23.1 Å². The number of benzene rings is 2. The summed E-state index contributed by atoms with van der Waals surface area (Å²) in [5, 5.41) is 2.95. The van der Waals surface area contributed by atoms with E-state index in [2.05, 4.69) is 21.2 Å². The molecule has 1 aliphatic heterocycles. The van der Waals surface area contributed by atoms with Crippen molar-refractivity contribution in [2.75, 3.05) is 18.5 Å². The van der Waals surface area contributed by atoms with E-state index in [0.717, 1.165) is 10.0 Å². The average molecular weight is 466 g/mol. The first-order valence-electron chi connectivity index (χ1n) is 8.65. The number of anilines is 1. The van der Waals surface area contributed by atoms with Crippen molar-refractivity contribution >= 4 is 51.0 Å². The van der Waals surface area contributed by atoms with Crippen LogP contribution in [0.1, 0.15) is 12.0 Å². The zero-order valence-corrected chi connectivity index (χ0v) is 17.2. The Kier molecular flexibility index (Phi) is 6.70. The minimum atomic E-state index is -0.569. The van der Waals surface area contributed by atoms with Crippen LogP contribution in [0, 0.1) is 5.92 Å². The van der Waals surface area contributed by atoms with Crippen LogP contribution < -0.4 is 5.32 Å². The molecule has 2 aromatic carbocycles. The predicted octanol–water partition coefficient (Wildman–Crippen LogP) is 3.63. The molecule has 3 rings (SSSR count). The lowest BCUT2D eigenvalue weighted by atomic mass is 10.1. The molecule has 0 aliphatic carbocycles. The van der Waals surface area contributed by atoms with Gasteiger partial charge in [-0.1, -0.05) is 57.9 Å².